The molecular weight excluding hydrogens is 430 g/mol. The Bertz CT molecular complexity index is 1320. The summed E-state index contributed by atoms with van der Waals surface area (Å²) in [6.45, 7) is 8.00. The van der Waals surface area contributed by atoms with Gasteiger partial charge in [-0.05, 0) is 30.3 Å². The number of nitro benzene ring substituents is 1. The van der Waals surface area contributed by atoms with E-state index in [0.717, 1.165) is 12.1 Å². The highest BCUT2D eigenvalue weighted by molar-refractivity contribution is 5.81. The maximum atomic E-state index is 14.1. The summed E-state index contributed by atoms with van der Waals surface area (Å²) in [5.74, 6) is -1.83. The number of nitro groups is 1. The van der Waals surface area contributed by atoms with Crippen molar-refractivity contribution in [3.8, 4) is 17.2 Å². The SMILES string of the molecule is CC.CC.O=c1ccn(-c2cc([N+](=O)[O-])ccc2Oc2ccc(F)cc2F)c2ccccc12. The Labute approximate surface area is 189 Å². The number of rotatable bonds is 4. The molecule has 0 aliphatic carbocycles. The molecule has 1 aromatic heterocycles. The van der Waals surface area contributed by atoms with Crippen molar-refractivity contribution in [1.29, 1.82) is 0 Å². The fourth-order valence-corrected chi connectivity index (χ4v) is 2.98. The van der Waals surface area contributed by atoms with E-state index in [-0.39, 0.29) is 28.3 Å². The average Bonchev–Trinajstić information content (AvgIpc) is 2.84. The van der Waals surface area contributed by atoms with Crippen molar-refractivity contribution in [2.75, 3.05) is 0 Å². The second kappa shape index (κ2) is 11.5. The minimum Gasteiger partial charge on any atom is -0.452 e. The van der Waals surface area contributed by atoms with E-state index in [0.29, 0.717) is 17.0 Å². The lowest BCUT2D eigenvalue weighted by atomic mass is 10.2. The number of hydrogen-bond acceptors (Lipinski definition) is 4. The third-order valence-corrected chi connectivity index (χ3v) is 4.33. The van der Waals surface area contributed by atoms with Crippen molar-refractivity contribution >= 4 is 16.6 Å². The zero-order valence-corrected chi connectivity index (χ0v) is 18.7. The minimum atomic E-state index is -0.918. The number of fused-ring (bicyclic) bond motifs is 1. The fraction of sp³-hybridized carbons (Fsp3) is 0.160. The van der Waals surface area contributed by atoms with Crippen LogP contribution in [0.25, 0.3) is 16.6 Å². The molecule has 0 radical (unpaired) electrons. The fourth-order valence-electron chi connectivity index (χ4n) is 2.98. The molecule has 0 spiro atoms. The van der Waals surface area contributed by atoms with Crippen LogP contribution in [0.1, 0.15) is 27.7 Å². The van der Waals surface area contributed by atoms with Gasteiger partial charge >= 0.3 is 0 Å². The van der Waals surface area contributed by atoms with E-state index in [4.69, 9.17) is 4.74 Å². The van der Waals surface area contributed by atoms with E-state index in [1.54, 1.807) is 28.8 Å². The number of benzene rings is 3. The molecule has 6 nitrogen and oxygen atoms in total. The van der Waals surface area contributed by atoms with Gasteiger partial charge in [-0.3, -0.25) is 14.9 Å². The van der Waals surface area contributed by atoms with E-state index in [2.05, 4.69) is 0 Å². The van der Waals surface area contributed by atoms with Gasteiger partial charge in [-0.1, -0.05) is 39.8 Å². The maximum Gasteiger partial charge on any atom is 0.271 e. The Morgan fingerprint density at radius 2 is 1.55 bits per heavy atom. The summed E-state index contributed by atoms with van der Waals surface area (Å²) in [6.07, 6.45) is 1.46. The Balaban J connectivity index is 0.000000914. The number of non-ortho nitro benzene ring substituents is 1. The Hall–Kier alpha value is -4.07. The molecule has 4 aromatic rings. The molecule has 0 aliphatic rings. The highest BCUT2D eigenvalue weighted by atomic mass is 19.1. The van der Waals surface area contributed by atoms with E-state index >= 15 is 0 Å². The van der Waals surface area contributed by atoms with Crippen molar-refractivity contribution < 1.29 is 18.4 Å². The number of hydrogen-bond donors (Lipinski definition) is 0. The summed E-state index contributed by atoms with van der Waals surface area (Å²) in [6, 6.07) is 14.7. The van der Waals surface area contributed by atoms with Crippen LogP contribution in [-0.4, -0.2) is 9.49 Å². The quantitative estimate of drug-likeness (QED) is 0.245. The summed E-state index contributed by atoms with van der Waals surface area (Å²) in [7, 11) is 0. The largest absolute Gasteiger partial charge is 0.452 e. The van der Waals surface area contributed by atoms with E-state index in [1.807, 2.05) is 27.7 Å². The molecule has 0 unspecified atom stereocenters. The van der Waals surface area contributed by atoms with Crippen molar-refractivity contribution in [2.45, 2.75) is 27.7 Å². The van der Waals surface area contributed by atoms with Crippen molar-refractivity contribution in [3.63, 3.8) is 0 Å². The average molecular weight is 454 g/mol. The van der Waals surface area contributed by atoms with Crippen LogP contribution in [0.5, 0.6) is 11.5 Å². The third-order valence-electron chi connectivity index (χ3n) is 4.33. The highest BCUT2D eigenvalue weighted by Crippen LogP contribution is 2.34. The molecule has 0 bridgehead atoms. The molecule has 0 saturated carbocycles. The predicted molar refractivity (Wildman–Crippen MR) is 125 cm³/mol. The van der Waals surface area contributed by atoms with Gasteiger partial charge in [-0.25, -0.2) is 8.78 Å². The molecule has 8 heteroatoms. The summed E-state index contributed by atoms with van der Waals surface area (Å²) in [5.41, 5.74) is 0.285. The molecule has 0 N–H and O–H groups in total. The lowest BCUT2D eigenvalue weighted by Crippen LogP contribution is -2.08. The molecule has 0 saturated heterocycles. The molecule has 0 atom stereocenters. The van der Waals surface area contributed by atoms with Gasteiger partial charge < -0.3 is 9.30 Å². The lowest BCUT2D eigenvalue weighted by molar-refractivity contribution is -0.384. The Morgan fingerprint density at radius 1 is 0.879 bits per heavy atom. The van der Waals surface area contributed by atoms with Crippen LogP contribution < -0.4 is 10.2 Å². The number of aromatic nitrogens is 1. The molecule has 3 aromatic carbocycles. The van der Waals surface area contributed by atoms with Gasteiger partial charge in [-0.15, -0.1) is 0 Å². The van der Waals surface area contributed by atoms with Crippen LogP contribution in [0.3, 0.4) is 0 Å². The number of ether oxygens (including phenoxy) is 1. The number of para-hydroxylation sites is 1. The topological polar surface area (TPSA) is 74.4 Å². The van der Waals surface area contributed by atoms with Gasteiger partial charge in [0.05, 0.1) is 16.1 Å². The first-order valence-corrected chi connectivity index (χ1v) is 10.5. The van der Waals surface area contributed by atoms with Gasteiger partial charge in [0.2, 0.25) is 0 Å². The summed E-state index contributed by atoms with van der Waals surface area (Å²) in [5, 5.41) is 11.7. The molecule has 0 fully saturated rings. The molecule has 33 heavy (non-hydrogen) atoms. The first-order chi connectivity index (χ1) is 15.9. The zero-order valence-electron chi connectivity index (χ0n) is 18.7. The van der Waals surface area contributed by atoms with Gasteiger partial charge in [-0.2, -0.15) is 0 Å². The maximum absolute atomic E-state index is 14.1. The summed E-state index contributed by atoms with van der Waals surface area (Å²) >= 11 is 0. The van der Waals surface area contributed by atoms with Crippen molar-refractivity contribution in [2.24, 2.45) is 0 Å². The predicted octanol–water partition coefficient (Wildman–Crippen LogP) is 7.02. The van der Waals surface area contributed by atoms with Crippen LogP contribution >= 0.6 is 0 Å². The number of pyridine rings is 1. The van der Waals surface area contributed by atoms with Gasteiger partial charge in [0, 0.05) is 35.8 Å². The standard InChI is InChI=1S/C21H12F2N2O4.2C2H6/c22-13-5-7-20(16(23)11-13)29-21-8-6-14(25(27)28)12-18(21)24-10-9-19(26)15-3-1-2-4-17(15)24;2*1-2/h1-12H;2*1-2H3. The molecule has 0 amide bonds. The first-order valence-electron chi connectivity index (χ1n) is 10.5. The third kappa shape index (κ3) is 5.60. The second-order valence-corrected chi connectivity index (χ2v) is 6.15. The zero-order chi connectivity index (χ0) is 24.5. The highest BCUT2D eigenvalue weighted by Gasteiger charge is 2.17. The Kier molecular flexibility index (Phi) is 8.80. The minimum absolute atomic E-state index is 0.0925. The normalized spacial score (nSPS) is 9.88. The van der Waals surface area contributed by atoms with Crippen LogP contribution in [0.15, 0.2) is 77.7 Å². The summed E-state index contributed by atoms with van der Waals surface area (Å²) in [4.78, 5) is 22.8. The van der Waals surface area contributed by atoms with Gasteiger partial charge in [0.25, 0.3) is 5.69 Å². The van der Waals surface area contributed by atoms with E-state index < -0.39 is 16.6 Å². The second-order valence-electron chi connectivity index (χ2n) is 6.15. The van der Waals surface area contributed by atoms with Crippen LogP contribution in [0.4, 0.5) is 14.5 Å². The number of nitrogens with zero attached hydrogens (tertiary/aromatic N) is 2. The smallest absolute Gasteiger partial charge is 0.271 e. The molecular formula is C25H24F2N2O4. The van der Waals surface area contributed by atoms with Crippen LogP contribution in [0.2, 0.25) is 0 Å². The summed E-state index contributed by atoms with van der Waals surface area (Å²) < 4.78 is 34.4. The Morgan fingerprint density at radius 3 is 2.21 bits per heavy atom. The molecule has 1 heterocycles. The van der Waals surface area contributed by atoms with Crippen molar-refractivity contribution in [3.05, 3.63) is 105 Å². The van der Waals surface area contributed by atoms with Crippen LogP contribution in [-0.2, 0) is 0 Å². The van der Waals surface area contributed by atoms with Crippen LogP contribution in [0, 0.1) is 21.7 Å². The molecule has 0 aliphatic heterocycles. The van der Waals surface area contributed by atoms with Gasteiger partial charge in [0.1, 0.15) is 5.82 Å². The van der Waals surface area contributed by atoms with Gasteiger partial charge in [0.15, 0.2) is 22.7 Å². The first kappa shape index (κ1) is 25.2. The van der Waals surface area contributed by atoms with Crippen molar-refractivity contribution in [1.82, 2.24) is 4.57 Å². The lowest BCUT2D eigenvalue weighted by Gasteiger charge is -2.16. The number of halogens is 2. The van der Waals surface area contributed by atoms with E-state index in [1.165, 1.54) is 30.5 Å². The van der Waals surface area contributed by atoms with E-state index in [9.17, 15) is 23.7 Å². The molecule has 172 valence electrons. The monoisotopic (exact) mass is 454 g/mol. The molecule has 4 rings (SSSR count).